The molecule has 4 fully saturated rings. The molecule has 0 N–H and O–H groups in total. The summed E-state index contributed by atoms with van der Waals surface area (Å²) < 4.78 is 87.4. The Kier molecular flexibility index (Phi) is 27.1. The van der Waals surface area contributed by atoms with Crippen LogP contribution in [0.5, 0.6) is 0 Å². The van der Waals surface area contributed by atoms with Crippen molar-refractivity contribution in [3.63, 3.8) is 0 Å². The van der Waals surface area contributed by atoms with Crippen molar-refractivity contribution in [1.29, 1.82) is 0 Å². The quantitative estimate of drug-likeness (QED) is 0.279. The number of rotatable bonds is 3. The van der Waals surface area contributed by atoms with E-state index in [1.54, 1.807) is 27.7 Å². The van der Waals surface area contributed by atoms with Crippen LogP contribution >= 0.6 is 0 Å². The van der Waals surface area contributed by atoms with Crippen molar-refractivity contribution < 1.29 is 16.4 Å². The highest BCUT2D eigenvalue weighted by Crippen LogP contribution is 2.27. The summed E-state index contributed by atoms with van der Waals surface area (Å²) in [5.41, 5.74) is -0.229. The average molecular weight is 679 g/mol. The zero-order valence-electron chi connectivity index (χ0n) is 48.0. The van der Waals surface area contributed by atoms with E-state index in [9.17, 15) is 0 Å². The smallest absolute Gasteiger partial charge is 0.0300 e. The van der Waals surface area contributed by atoms with Gasteiger partial charge in [0.2, 0.25) is 0 Å². The lowest BCUT2D eigenvalue weighted by molar-refractivity contribution is 0.349. The van der Waals surface area contributed by atoms with E-state index in [-0.39, 0.29) is 34.9 Å². The summed E-state index contributed by atoms with van der Waals surface area (Å²) in [4.78, 5) is 0. The third-order valence-electron chi connectivity index (χ3n) is 8.27. The monoisotopic (exact) mass is 679 g/mol. The van der Waals surface area contributed by atoms with Gasteiger partial charge >= 0.3 is 0 Å². The van der Waals surface area contributed by atoms with Gasteiger partial charge in [0.1, 0.15) is 0 Å². The molecular weight excluding hydrogens is 565 g/mol. The molecule has 0 bridgehead atoms. The van der Waals surface area contributed by atoms with E-state index >= 15 is 0 Å². The second kappa shape index (κ2) is 38.8. The molecule has 0 saturated heterocycles. The van der Waals surface area contributed by atoms with E-state index < -0.39 is 25.5 Å². The average Bonchev–Trinajstić information content (AvgIpc) is 3.68. The number of hydrogen-bond acceptors (Lipinski definition) is 0. The lowest BCUT2D eigenvalue weighted by Crippen LogP contribution is -2.03. The molecule has 0 amide bonds. The van der Waals surface area contributed by atoms with Crippen LogP contribution < -0.4 is 0 Å². The molecule has 0 spiro atoms. The molecule has 0 aliphatic heterocycles. The van der Waals surface area contributed by atoms with Gasteiger partial charge in [-0.25, -0.2) is 0 Å². The van der Waals surface area contributed by atoms with Crippen LogP contribution in [0.3, 0.4) is 0 Å². The van der Waals surface area contributed by atoms with Crippen LogP contribution in [-0.4, -0.2) is 0 Å². The van der Waals surface area contributed by atoms with Crippen molar-refractivity contribution in [3.8, 4) is 0 Å². The van der Waals surface area contributed by atoms with E-state index in [1.807, 2.05) is 90.0 Å². The summed E-state index contributed by atoms with van der Waals surface area (Å²) in [5, 5.41) is 0. The molecule has 0 atom stereocenters. The van der Waals surface area contributed by atoms with Crippen molar-refractivity contribution >= 4 is 0 Å². The maximum atomic E-state index is 7.63. The molecule has 4 aliphatic carbocycles. The van der Waals surface area contributed by atoms with Crippen LogP contribution in [0.2, 0.25) is 0 Å². The maximum absolute atomic E-state index is 7.63. The molecule has 4 rings (SSSR count). The van der Waals surface area contributed by atoms with Crippen molar-refractivity contribution in [2.75, 3.05) is 0 Å². The minimum Gasteiger partial charge on any atom is -0.0651 e. The summed E-state index contributed by atoms with van der Waals surface area (Å²) in [5.74, 6) is 0.185. The molecule has 0 aromatic heterocycles. The summed E-state index contributed by atoms with van der Waals surface area (Å²) >= 11 is 0. The van der Waals surface area contributed by atoms with Gasteiger partial charge in [0.25, 0.3) is 0 Å². The van der Waals surface area contributed by atoms with Gasteiger partial charge in [0, 0.05) is 16.4 Å². The fourth-order valence-electron chi connectivity index (χ4n) is 4.74. The molecular formula is C47H102. The fraction of sp³-hybridized carbons (Fsp3) is 1.00. The van der Waals surface area contributed by atoms with Gasteiger partial charge in [-0.15, -0.1) is 0 Å². The molecule has 4 saturated carbocycles. The van der Waals surface area contributed by atoms with E-state index in [2.05, 4.69) is 0 Å². The van der Waals surface area contributed by atoms with Gasteiger partial charge in [-0.3, -0.25) is 0 Å². The summed E-state index contributed by atoms with van der Waals surface area (Å²) in [6, 6.07) is 0. The summed E-state index contributed by atoms with van der Waals surface area (Å²) in [6.45, 7) is 31.2. The Morgan fingerprint density at radius 3 is 0.830 bits per heavy atom. The first kappa shape index (κ1) is 32.9. The highest BCUT2D eigenvalue weighted by atomic mass is 14.2. The van der Waals surface area contributed by atoms with Gasteiger partial charge in [0.15, 0.2) is 0 Å². The third kappa shape index (κ3) is 58.6. The third-order valence-corrected chi connectivity index (χ3v) is 8.27. The van der Waals surface area contributed by atoms with Gasteiger partial charge in [-0.2, -0.15) is 0 Å². The molecule has 0 radical (unpaired) electrons. The van der Waals surface area contributed by atoms with Gasteiger partial charge in [0.05, 0.1) is 0 Å². The Labute approximate surface area is 321 Å². The predicted molar refractivity (Wildman–Crippen MR) is 225 cm³/mol. The largest absolute Gasteiger partial charge is 0.0651 e. The zero-order valence-corrected chi connectivity index (χ0v) is 36.0. The molecule has 0 heterocycles. The molecule has 4 aliphatic rings. The predicted octanol–water partition coefficient (Wildman–Crippen LogP) is 18.2. The molecule has 0 aromatic carbocycles. The van der Waals surface area contributed by atoms with Crippen molar-refractivity contribution in [2.24, 2.45) is 46.7 Å². The molecule has 290 valence electrons. The van der Waals surface area contributed by atoms with Crippen LogP contribution in [0.1, 0.15) is 275 Å². The normalized spacial score (nSPS) is 25.4. The standard InChI is InChI=1S/C8H16.2C7H14.C6H12.C6H14.C5H12.2C4H10/c1-2-8-6-4-3-5-7-8;1-7-5-3-2-4-6-7;1-2-7-5-3-4-6-7;1-6-4-2-3-5-6;1-5-6(2,3)4;1-4-5(2)3;2*1-4(2)3/h8H,2-7H2,1H3;2*7H,2-6H2,1H3;6H,2-5H2,1H3;5H2,1-4H3;5H,4H2,1-3H3;2*4H,1-3H3/i2D2;7D;2D2;6D;5D2;4D2;2*4D. The minimum atomic E-state index is -1.06. The zero-order chi connectivity index (χ0) is 48.0. The highest BCUT2D eigenvalue weighted by molar-refractivity contribution is 4.65. The lowest BCUT2D eigenvalue weighted by Gasteiger charge is -2.18. The Hall–Kier alpha value is 0. The van der Waals surface area contributed by atoms with Gasteiger partial charge in [-0.1, -0.05) is 259 Å². The second-order valence-electron chi connectivity index (χ2n) is 16.5. The molecule has 47 heavy (non-hydrogen) atoms. The lowest BCUT2D eigenvalue weighted by atomic mass is 9.88. The first-order valence-corrected chi connectivity index (χ1v) is 19.8. The fourth-order valence-corrected chi connectivity index (χ4v) is 4.74. The summed E-state index contributed by atoms with van der Waals surface area (Å²) in [7, 11) is 0. The topological polar surface area (TPSA) is 0 Å². The second-order valence-corrected chi connectivity index (χ2v) is 16.5. The van der Waals surface area contributed by atoms with Crippen LogP contribution in [-0.2, 0) is 0 Å². The van der Waals surface area contributed by atoms with Crippen LogP contribution in [0.25, 0.3) is 0 Å². The van der Waals surface area contributed by atoms with Crippen LogP contribution in [0.15, 0.2) is 0 Å². The van der Waals surface area contributed by atoms with Gasteiger partial charge in [-0.05, 0) is 46.7 Å². The van der Waals surface area contributed by atoms with Crippen molar-refractivity contribution in [3.05, 3.63) is 0 Å². The Bertz CT molecular complexity index is 926. The number of hydrogen-bond donors (Lipinski definition) is 0. The van der Waals surface area contributed by atoms with E-state index in [4.69, 9.17) is 16.4 Å². The SMILES string of the molecule is [2H]C(C)(C)C.[2H]C(C)(C)C.[2H]C([2H])(C)C(C)(C)C.[2H]C([2H])(C)C(C)C.[2H]C([2H])(C)C1CCCC1.[2H]C([2H])(C)C1CCCCC1.[2H]C1(C)CCCC1.[2H]C1(C)CCCCC1. The van der Waals surface area contributed by atoms with E-state index in [0.29, 0.717) is 11.8 Å². The van der Waals surface area contributed by atoms with Gasteiger partial charge < -0.3 is 0 Å². The van der Waals surface area contributed by atoms with Crippen LogP contribution in [0.4, 0.5) is 0 Å². The minimum absolute atomic E-state index is 0.0556. The van der Waals surface area contributed by atoms with Crippen LogP contribution in [0, 0.1) is 46.7 Å². The highest BCUT2D eigenvalue weighted by Gasteiger charge is 2.11. The Morgan fingerprint density at radius 2 is 0.702 bits per heavy atom. The van der Waals surface area contributed by atoms with Crippen molar-refractivity contribution in [1.82, 2.24) is 0 Å². The summed E-state index contributed by atoms with van der Waals surface area (Å²) in [6.07, 6.45) is 17.7. The van der Waals surface area contributed by atoms with E-state index in [1.165, 1.54) is 64.2 Å². The maximum Gasteiger partial charge on any atom is 0.0300 e. The Balaban J connectivity index is -0.000000296. The van der Waals surface area contributed by atoms with Crippen molar-refractivity contribution in [2.45, 2.75) is 259 Å². The molecule has 0 nitrogen and oxygen atoms in total. The molecule has 0 heteroatoms. The molecule has 0 aromatic rings. The first-order chi connectivity index (χ1) is 25.8. The van der Waals surface area contributed by atoms with E-state index in [0.717, 1.165) is 51.4 Å². The molecule has 0 unspecified atom stereocenters. The first-order valence-electron chi connectivity index (χ1n) is 25.8. The Morgan fingerprint density at radius 1 is 0.511 bits per heavy atom.